The van der Waals surface area contributed by atoms with Gasteiger partial charge in [-0.15, -0.1) is 24.0 Å². The van der Waals surface area contributed by atoms with E-state index in [1.54, 1.807) is 7.05 Å². The van der Waals surface area contributed by atoms with Crippen molar-refractivity contribution in [2.75, 3.05) is 18.9 Å². The summed E-state index contributed by atoms with van der Waals surface area (Å²) in [5.41, 5.74) is 0.696. The maximum Gasteiger partial charge on any atom is 0.408 e. The summed E-state index contributed by atoms with van der Waals surface area (Å²) >= 11 is 0. The Kier molecular flexibility index (Phi) is 12.6. The average molecular weight is 562 g/mol. The molecule has 1 rings (SSSR count). The molecular formula is C23H40IN5O3. The molecular weight excluding hydrogens is 521 g/mol. The molecule has 0 saturated carbocycles. The van der Waals surface area contributed by atoms with Gasteiger partial charge in [0.1, 0.15) is 5.60 Å². The van der Waals surface area contributed by atoms with Gasteiger partial charge < -0.3 is 26.0 Å². The molecule has 9 heteroatoms. The van der Waals surface area contributed by atoms with Crippen molar-refractivity contribution in [1.82, 2.24) is 16.0 Å². The van der Waals surface area contributed by atoms with Gasteiger partial charge in [0.2, 0.25) is 5.91 Å². The SMILES string of the molecule is CN=C(NCc1cccc(NC(=O)CC(C)C)c1)NCC(C)(C)NC(=O)OC(C)(C)C.I. The van der Waals surface area contributed by atoms with Crippen LogP contribution in [0.5, 0.6) is 0 Å². The number of halogens is 1. The van der Waals surface area contributed by atoms with Gasteiger partial charge in [-0.2, -0.15) is 0 Å². The molecule has 0 aromatic heterocycles. The molecule has 0 heterocycles. The number of nitrogens with zero attached hydrogens (tertiary/aromatic N) is 1. The van der Waals surface area contributed by atoms with Gasteiger partial charge in [0.05, 0.1) is 5.54 Å². The maximum absolute atomic E-state index is 12.0. The van der Waals surface area contributed by atoms with Gasteiger partial charge in [0.25, 0.3) is 0 Å². The molecule has 0 aliphatic rings. The third kappa shape index (κ3) is 13.4. The molecule has 4 N–H and O–H groups in total. The van der Waals surface area contributed by atoms with Crippen molar-refractivity contribution in [3.8, 4) is 0 Å². The molecule has 0 spiro atoms. The highest BCUT2D eigenvalue weighted by molar-refractivity contribution is 14.0. The molecule has 182 valence electrons. The van der Waals surface area contributed by atoms with Gasteiger partial charge in [0, 0.05) is 32.2 Å². The molecule has 2 amide bonds. The fourth-order valence-electron chi connectivity index (χ4n) is 2.68. The Bertz CT molecular complexity index is 773. The molecule has 0 saturated heterocycles. The van der Waals surface area contributed by atoms with Crippen molar-refractivity contribution >= 4 is 47.6 Å². The van der Waals surface area contributed by atoms with E-state index in [4.69, 9.17) is 4.74 Å². The van der Waals surface area contributed by atoms with Crippen molar-refractivity contribution in [1.29, 1.82) is 0 Å². The van der Waals surface area contributed by atoms with E-state index in [1.165, 1.54) is 0 Å². The Hall–Kier alpha value is -2.04. The minimum atomic E-state index is -0.548. The molecule has 0 unspecified atom stereocenters. The Balaban J connectivity index is 0.00000961. The predicted octanol–water partition coefficient (Wildman–Crippen LogP) is 4.26. The number of hydrogen-bond acceptors (Lipinski definition) is 4. The van der Waals surface area contributed by atoms with Crippen LogP contribution in [0.25, 0.3) is 0 Å². The third-order valence-electron chi connectivity index (χ3n) is 4.03. The quantitative estimate of drug-likeness (QED) is 0.216. The highest BCUT2D eigenvalue weighted by Gasteiger charge is 2.24. The smallest absolute Gasteiger partial charge is 0.408 e. The summed E-state index contributed by atoms with van der Waals surface area (Å²) in [7, 11) is 1.69. The normalized spacial score (nSPS) is 12.0. The summed E-state index contributed by atoms with van der Waals surface area (Å²) in [5.74, 6) is 0.930. The summed E-state index contributed by atoms with van der Waals surface area (Å²) < 4.78 is 5.32. The molecule has 0 aliphatic heterocycles. The van der Waals surface area contributed by atoms with Crippen LogP contribution in [0.2, 0.25) is 0 Å². The van der Waals surface area contributed by atoms with Crippen molar-refractivity contribution in [3.63, 3.8) is 0 Å². The number of anilines is 1. The lowest BCUT2D eigenvalue weighted by Crippen LogP contribution is -2.54. The van der Waals surface area contributed by atoms with Gasteiger partial charge in [0.15, 0.2) is 5.96 Å². The fraction of sp³-hybridized carbons (Fsp3) is 0.609. The molecule has 0 atom stereocenters. The zero-order chi connectivity index (χ0) is 23.7. The number of rotatable bonds is 8. The number of guanidine groups is 1. The lowest BCUT2D eigenvalue weighted by molar-refractivity contribution is -0.116. The number of carbonyl (C=O) groups is 2. The van der Waals surface area contributed by atoms with Gasteiger partial charge in [-0.25, -0.2) is 4.79 Å². The van der Waals surface area contributed by atoms with Gasteiger partial charge in [-0.05, 0) is 58.2 Å². The minimum Gasteiger partial charge on any atom is -0.444 e. The molecule has 0 fully saturated rings. The lowest BCUT2D eigenvalue weighted by Gasteiger charge is -2.29. The van der Waals surface area contributed by atoms with Crippen LogP contribution in [0, 0.1) is 5.92 Å². The molecule has 1 aromatic carbocycles. The monoisotopic (exact) mass is 561 g/mol. The Morgan fingerprint density at radius 3 is 2.31 bits per heavy atom. The first-order valence-electron chi connectivity index (χ1n) is 10.6. The van der Waals surface area contributed by atoms with Crippen LogP contribution in [0.15, 0.2) is 29.3 Å². The summed E-state index contributed by atoms with van der Waals surface area (Å²) in [6.07, 6.45) is 0.0326. The average Bonchev–Trinajstić information content (AvgIpc) is 2.59. The second-order valence-corrected chi connectivity index (χ2v) is 9.64. The third-order valence-corrected chi connectivity index (χ3v) is 4.03. The van der Waals surface area contributed by atoms with Crippen LogP contribution in [-0.2, 0) is 16.1 Å². The van der Waals surface area contributed by atoms with Gasteiger partial charge in [-0.1, -0.05) is 26.0 Å². The number of aliphatic imine (C=N–C) groups is 1. The zero-order valence-electron chi connectivity index (χ0n) is 20.6. The van der Waals surface area contributed by atoms with Crippen molar-refractivity contribution in [3.05, 3.63) is 29.8 Å². The minimum absolute atomic E-state index is 0. The van der Waals surface area contributed by atoms with Gasteiger partial charge >= 0.3 is 6.09 Å². The maximum atomic E-state index is 12.0. The standard InChI is InChI=1S/C23H39N5O3.HI/c1-16(2)12-19(29)27-18-11-9-10-17(13-18)14-25-20(24-8)26-15-23(6,7)28-21(30)31-22(3,4)5;/h9-11,13,16H,12,14-15H2,1-8H3,(H,27,29)(H,28,30)(H2,24,25,26);1H. The Labute approximate surface area is 209 Å². The molecule has 0 aliphatic carbocycles. The number of amides is 2. The Morgan fingerprint density at radius 1 is 1.09 bits per heavy atom. The Morgan fingerprint density at radius 2 is 1.75 bits per heavy atom. The van der Waals surface area contributed by atoms with Crippen molar-refractivity contribution < 1.29 is 14.3 Å². The summed E-state index contributed by atoms with van der Waals surface area (Å²) in [6, 6.07) is 7.70. The van der Waals surface area contributed by atoms with E-state index >= 15 is 0 Å². The topological polar surface area (TPSA) is 104 Å². The molecule has 0 radical (unpaired) electrons. The first kappa shape index (κ1) is 30.0. The summed E-state index contributed by atoms with van der Waals surface area (Å²) in [5, 5.41) is 12.2. The highest BCUT2D eigenvalue weighted by Crippen LogP contribution is 2.12. The van der Waals surface area contributed by atoms with E-state index in [-0.39, 0.29) is 29.9 Å². The van der Waals surface area contributed by atoms with E-state index < -0.39 is 17.2 Å². The lowest BCUT2D eigenvalue weighted by atomic mass is 10.1. The van der Waals surface area contributed by atoms with Crippen LogP contribution >= 0.6 is 24.0 Å². The van der Waals surface area contributed by atoms with Crippen molar-refractivity contribution in [2.45, 2.75) is 72.6 Å². The zero-order valence-corrected chi connectivity index (χ0v) is 22.9. The van der Waals surface area contributed by atoms with Gasteiger partial charge in [-0.3, -0.25) is 9.79 Å². The summed E-state index contributed by atoms with van der Waals surface area (Å²) in [4.78, 5) is 28.2. The van der Waals surface area contributed by atoms with Crippen LogP contribution < -0.4 is 21.3 Å². The number of nitrogens with one attached hydrogen (secondary N) is 4. The molecule has 0 bridgehead atoms. The van der Waals surface area contributed by atoms with E-state index in [0.717, 1.165) is 11.3 Å². The molecule has 32 heavy (non-hydrogen) atoms. The number of hydrogen-bond donors (Lipinski definition) is 4. The largest absolute Gasteiger partial charge is 0.444 e. The number of benzene rings is 1. The number of carbonyl (C=O) groups excluding carboxylic acids is 2. The van der Waals surface area contributed by atoms with Crippen LogP contribution in [0.1, 0.15) is 60.5 Å². The first-order valence-corrected chi connectivity index (χ1v) is 10.6. The van der Waals surface area contributed by atoms with E-state index in [9.17, 15) is 9.59 Å². The molecule has 8 nitrogen and oxygen atoms in total. The fourth-order valence-corrected chi connectivity index (χ4v) is 2.68. The number of alkyl carbamates (subject to hydrolysis) is 1. The first-order chi connectivity index (χ1) is 14.3. The highest BCUT2D eigenvalue weighted by atomic mass is 127. The second-order valence-electron chi connectivity index (χ2n) is 9.64. The summed E-state index contributed by atoms with van der Waals surface area (Å²) in [6.45, 7) is 14.3. The molecule has 1 aromatic rings. The second kappa shape index (κ2) is 13.5. The van der Waals surface area contributed by atoms with E-state index in [0.29, 0.717) is 31.4 Å². The predicted molar refractivity (Wildman–Crippen MR) is 142 cm³/mol. The van der Waals surface area contributed by atoms with Crippen LogP contribution in [-0.4, -0.2) is 42.7 Å². The van der Waals surface area contributed by atoms with E-state index in [1.807, 2.05) is 72.7 Å². The van der Waals surface area contributed by atoms with E-state index in [2.05, 4.69) is 26.3 Å². The number of ether oxygens (including phenoxy) is 1. The van der Waals surface area contributed by atoms with Crippen LogP contribution in [0.4, 0.5) is 10.5 Å². The van der Waals surface area contributed by atoms with Crippen molar-refractivity contribution in [2.24, 2.45) is 10.9 Å². The van der Waals surface area contributed by atoms with Crippen LogP contribution in [0.3, 0.4) is 0 Å².